The molecule has 0 heterocycles. The normalized spacial score (nSPS) is 28.4. The minimum absolute atomic E-state index is 0.0215. The van der Waals surface area contributed by atoms with Crippen molar-refractivity contribution in [1.82, 2.24) is 0 Å². The molecule has 5 atom stereocenters. The zero-order valence-electron chi connectivity index (χ0n) is 22.5. The van der Waals surface area contributed by atoms with E-state index in [9.17, 15) is 14.7 Å². The Bertz CT molecular complexity index is 972. The van der Waals surface area contributed by atoms with Crippen LogP contribution in [0.3, 0.4) is 0 Å². The molecule has 2 bridgehead atoms. The highest BCUT2D eigenvalue weighted by molar-refractivity contribution is 5.90. The summed E-state index contributed by atoms with van der Waals surface area (Å²) in [7, 11) is 0. The summed E-state index contributed by atoms with van der Waals surface area (Å²) in [5, 5.41) is 10.2. The molecule has 4 heteroatoms. The maximum atomic E-state index is 12.4. The van der Waals surface area contributed by atoms with E-state index in [2.05, 4.69) is 65.0 Å². The monoisotopic (exact) mass is 480 g/mol. The standard InChI is InChI=1S/C31H44O4/c1-20(2)9-11-22(4)28-15-16-29-26-14-12-24(19-27(26)30(33)34)18-25(35-23(5)32)13-10-21(3)8-7-17-31(28,29)6/h8-9,11-12,14,19-20,22,25,28-29H,7,10,13,15-18H2,1-6H3,(H,33,34). The van der Waals surface area contributed by atoms with E-state index >= 15 is 0 Å². The molecule has 35 heavy (non-hydrogen) atoms. The molecule has 5 unspecified atom stereocenters. The van der Waals surface area contributed by atoms with Gasteiger partial charge in [-0.3, -0.25) is 4.79 Å². The minimum atomic E-state index is -0.868. The molecular weight excluding hydrogens is 436 g/mol. The Labute approximate surface area is 211 Å². The van der Waals surface area contributed by atoms with Gasteiger partial charge in [0.1, 0.15) is 6.10 Å². The van der Waals surface area contributed by atoms with Gasteiger partial charge in [-0.05, 0) is 91.7 Å². The van der Waals surface area contributed by atoms with Crippen molar-refractivity contribution < 1.29 is 19.4 Å². The van der Waals surface area contributed by atoms with E-state index in [-0.39, 0.29) is 23.4 Å². The summed E-state index contributed by atoms with van der Waals surface area (Å²) in [5.74, 6) is 0.545. The number of hydrogen-bond acceptors (Lipinski definition) is 3. The highest BCUT2D eigenvalue weighted by Gasteiger charge is 2.48. The van der Waals surface area contributed by atoms with Crippen LogP contribution in [-0.4, -0.2) is 23.1 Å². The molecule has 0 aliphatic heterocycles. The lowest BCUT2D eigenvalue weighted by Gasteiger charge is -2.40. The second-order valence-electron chi connectivity index (χ2n) is 11.5. The number of fused-ring (bicyclic) bond motifs is 8. The van der Waals surface area contributed by atoms with Gasteiger partial charge >= 0.3 is 11.9 Å². The first-order valence-corrected chi connectivity index (χ1v) is 13.4. The van der Waals surface area contributed by atoms with Gasteiger partial charge in [-0.1, -0.05) is 63.6 Å². The van der Waals surface area contributed by atoms with Crippen LogP contribution in [0.4, 0.5) is 0 Å². The van der Waals surface area contributed by atoms with E-state index in [4.69, 9.17) is 4.74 Å². The van der Waals surface area contributed by atoms with Crippen LogP contribution in [0.15, 0.2) is 42.0 Å². The molecular formula is C31H44O4. The topological polar surface area (TPSA) is 63.6 Å². The van der Waals surface area contributed by atoms with E-state index in [0.717, 1.165) is 49.7 Å². The van der Waals surface area contributed by atoms with E-state index in [1.54, 1.807) is 0 Å². The van der Waals surface area contributed by atoms with Crippen LogP contribution in [0.2, 0.25) is 0 Å². The van der Waals surface area contributed by atoms with E-state index in [1.807, 2.05) is 6.07 Å². The Morgan fingerprint density at radius 2 is 1.89 bits per heavy atom. The number of rotatable bonds is 5. The number of carbonyl (C=O) groups is 2. The number of ether oxygens (including phenoxy) is 1. The number of carbonyl (C=O) groups excluding carboxylic acids is 1. The first-order valence-electron chi connectivity index (χ1n) is 13.4. The number of carboxylic acid groups (broad SMARTS) is 1. The number of allylic oxidation sites excluding steroid dienone is 4. The van der Waals surface area contributed by atoms with Crippen LogP contribution in [-0.2, 0) is 16.0 Å². The predicted octanol–water partition coefficient (Wildman–Crippen LogP) is 7.73. The first kappa shape index (κ1) is 27.2. The fourth-order valence-electron chi connectivity index (χ4n) is 6.57. The molecule has 3 aliphatic rings. The van der Waals surface area contributed by atoms with Gasteiger partial charge in [-0.2, -0.15) is 0 Å². The summed E-state index contributed by atoms with van der Waals surface area (Å²) in [6.07, 6.45) is 13.1. The van der Waals surface area contributed by atoms with Gasteiger partial charge in [0.2, 0.25) is 0 Å². The molecule has 0 amide bonds. The summed E-state index contributed by atoms with van der Waals surface area (Å²) in [6, 6.07) is 5.94. The van der Waals surface area contributed by atoms with E-state index in [1.165, 1.54) is 12.5 Å². The molecule has 1 saturated carbocycles. The third-order valence-electron chi connectivity index (χ3n) is 8.40. The van der Waals surface area contributed by atoms with Crippen molar-refractivity contribution in [2.45, 2.75) is 98.5 Å². The van der Waals surface area contributed by atoms with Gasteiger partial charge in [-0.25, -0.2) is 4.79 Å². The molecule has 0 aromatic heterocycles. The second-order valence-corrected chi connectivity index (χ2v) is 11.5. The molecule has 3 aliphatic carbocycles. The lowest BCUT2D eigenvalue weighted by atomic mass is 9.64. The zero-order chi connectivity index (χ0) is 25.8. The van der Waals surface area contributed by atoms with Gasteiger partial charge in [-0.15, -0.1) is 0 Å². The molecule has 4 rings (SSSR count). The quantitative estimate of drug-likeness (QED) is 0.346. The number of aromatic carboxylic acids is 1. The Balaban J connectivity index is 2.06. The zero-order valence-corrected chi connectivity index (χ0v) is 22.5. The maximum absolute atomic E-state index is 12.4. The van der Waals surface area contributed by atoms with Crippen molar-refractivity contribution in [3.8, 4) is 0 Å². The smallest absolute Gasteiger partial charge is 0.335 e. The maximum Gasteiger partial charge on any atom is 0.335 e. The SMILES string of the molecule is CC(=O)OC1CCC(C)=CCCC2(C)C(CCC2C(C)C=CC(C)C)c2ccc(cc2C(=O)O)C1. The van der Waals surface area contributed by atoms with Crippen molar-refractivity contribution in [3.05, 3.63) is 58.7 Å². The number of esters is 1. The minimum Gasteiger partial charge on any atom is -0.478 e. The number of benzene rings is 1. The van der Waals surface area contributed by atoms with Crippen LogP contribution in [0.1, 0.15) is 107 Å². The van der Waals surface area contributed by atoms with Crippen LogP contribution >= 0.6 is 0 Å². The van der Waals surface area contributed by atoms with Crippen LogP contribution in [0, 0.1) is 23.2 Å². The fourth-order valence-corrected chi connectivity index (χ4v) is 6.57. The summed E-state index contributed by atoms with van der Waals surface area (Å²) >= 11 is 0. The number of carboxylic acids is 1. The Hall–Kier alpha value is -2.36. The molecule has 0 radical (unpaired) electrons. The average Bonchev–Trinajstić information content (AvgIpc) is 3.11. The van der Waals surface area contributed by atoms with Gasteiger partial charge in [0.25, 0.3) is 0 Å². The predicted molar refractivity (Wildman–Crippen MR) is 142 cm³/mol. The van der Waals surface area contributed by atoms with Crippen molar-refractivity contribution >= 4 is 11.9 Å². The third kappa shape index (κ3) is 6.65. The first-order chi connectivity index (χ1) is 16.5. The molecule has 4 nitrogen and oxygen atoms in total. The Morgan fingerprint density at radius 3 is 2.54 bits per heavy atom. The fraction of sp³-hybridized carbons (Fsp3) is 0.613. The summed E-state index contributed by atoms with van der Waals surface area (Å²) in [5.41, 5.74) is 3.65. The average molecular weight is 481 g/mol. The molecule has 1 fully saturated rings. The van der Waals surface area contributed by atoms with Gasteiger partial charge in [0, 0.05) is 13.3 Å². The van der Waals surface area contributed by atoms with Crippen LogP contribution in [0.5, 0.6) is 0 Å². The van der Waals surface area contributed by atoms with Crippen molar-refractivity contribution in [3.63, 3.8) is 0 Å². The third-order valence-corrected chi connectivity index (χ3v) is 8.40. The Kier molecular flexibility index (Phi) is 9.01. The summed E-state index contributed by atoms with van der Waals surface area (Å²) < 4.78 is 5.60. The second kappa shape index (κ2) is 11.6. The molecule has 192 valence electrons. The molecule has 0 spiro atoms. The summed E-state index contributed by atoms with van der Waals surface area (Å²) in [6.45, 7) is 12.8. The van der Waals surface area contributed by atoms with Gasteiger partial charge in [0.15, 0.2) is 0 Å². The van der Waals surface area contributed by atoms with Crippen molar-refractivity contribution in [2.24, 2.45) is 23.2 Å². The lowest BCUT2D eigenvalue weighted by Crippen LogP contribution is -2.32. The molecule has 1 N–H and O–H groups in total. The lowest BCUT2D eigenvalue weighted by molar-refractivity contribution is -0.146. The highest BCUT2D eigenvalue weighted by atomic mass is 16.5. The molecule has 1 aromatic carbocycles. The summed E-state index contributed by atoms with van der Waals surface area (Å²) in [4.78, 5) is 24.1. The number of hydrogen-bond donors (Lipinski definition) is 1. The highest BCUT2D eigenvalue weighted by Crippen LogP contribution is 2.58. The Morgan fingerprint density at radius 1 is 1.14 bits per heavy atom. The van der Waals surface area contributed by atoms with Gasteiger partial charge in [0.05, 0.1) is 5.56 Å². The van der Waals surface area contributed by atoms with Crippen molar-refractivity contribution in [2.75, 3.05) is 0 Å². The van der Waals surface area contributed by atoms with Crippen LogP contribution in [0.25, 0.3) is 0 Å². The molecule has 1 aromatic rings. The van der Waals surface area contributed by atoms with E-state index < -0.39 is 5.97 Å². The molecule has 0 saturated heterocycles. The largest absolute Gasteiger partial charge is 0.478 e. The van der Waals surface area contributed by atoms with E-state index in [0.29, 0.717) is 29.7 Å². The van der Waals surface area contributed by atoms with Crippen molar-refractivity contribution in [1.29, 1.82) is 0 Å². The van der Waals surface area contributed by atoms with Crippen LogP contribution < -0.4 is 0 Å². The van der Waals surface area contributed by atoms with Gasteiger partial charge < -0.3 is 9.84 Å².